The van der Waals surface area contributed by atoms with Crippen molar-refractivity contribution >= 4 is 6.01 Å². The van der Waals surface area contributed by atoms with Gasteiger partial charge in [0.2, 0.25) is 0 Å². The summed E-state index contributed by atoms with van der Waals surface area (Å²) in [7, 11) is 0. The van der Waals surface area contributed by atoms with Crippen LogP contribution in [0.2, 0.25) is 0 Å². The highest BCUT2D eigenvalue weighted by atomic mass is 19.4. The predicted molar refractivity (Wildman–Crippen MR) is 76.1 cm³/mol. The van der Waals surface area contributed by atoms with Crippen molar-refractivity contribution in [3.8, 4) is 0 Å². The molecule has 4 rings (SSSR count). The van der Waals surface area contributed by atoms with E-state index in [1.54, 1.807) is 4.57 Å². The van der Waals surface area contributed by atoms with E-state index in [2.05, 4.69) is 25.7 Å². The van der Waals surface area contributed by atoms with Gasteiger partial charge in [-0.3, -0.25) is 0 Å². The van der Waals surface area contributed by atoms with E-state index < -0.39 is 12.1 Å². The summed E-state index contributed by atoms with van der Waals surface area (Å²) in [4.78, 5) is 4.29. The molecule has 0 saturated heterocycles. The van der Waals surface area contributed by atoms with E-state index in [-0.39, 0.29) is 25.9 Å². The number of nitrogens with one attached hydrogen (secondary N) is 1. The van der Waals surface area contributed by atoms with Crippen molar-refractivity contribution < 1.29 is 17.7 Å². The average molecular weight is 342 g/mol. The van der Waals surface area contributed by atoms with Gasteiger partial charge >= 0.3 is 12.2 Å². The Morgan fingerprint density at radius 2 is 2.04 bits per heavy atom. The molecule has 1 atom stereocenters. The molecule has 0 spiro atoms. The van der Waals surface area contributed by atoms with Crippen LogP contribution in [-0.2, 0) is 19.5 Å². The Morgan fingerprint density at radius 3 is 2.75 bits per heavy atom. The van der Waals surface area contributed by atoms with Crippen molar-refractivity contribution in [2.45, 2.75) is 57.3 Å². The molecule has 0 aromatic carbocycles. The third kappa shape index (κ3) is 2.84. The molecule has 1 fully saturated rings. The number of fused-ring (bicyclic) bond motifs is 1. The first-order valence-electron chi connectivity index (χ1n) is 8.06. The quantitative estimate of drug-likeness (QED) is 0.920. The summed E-state index contributed by atoms with van der Waals surface area (Å²) in [5.74, 6) is 0.704. The fraction of sp³-hybridized carbons (Fsp3) is 0.714. The monoisotopic (exact) mass is 342 g/mol. The van der Waals surface area contributed by atoms with Crippen LogP contribution in [0.25, 0.3) is 0 Å². The minimum atomic E-state index is -4.18. The maximum atomic E-state index is 12.8. The van der Waals surface area contributed by atoms with Gasteiger partial charge in [0.05, 0.1) is 12.5 Å². The highest BCUT2D eigenvalue weighted by Gasteiger charge is 2.42. The number of alkyl halides is 3. The Morgan fingerprint density at radius 1 is 1.21 bits per heavy atom. The summed E-state index contributed by atoms with van der Waals surface area (Å²) >= 11 is 0. The summed E-state index contributed by atoms with van der Waals surface area (Å²) in [6, 6.07) is 0.304. The zero-order chi connectivity index (χ0) is 16.7. The lowest BCUT2D eigenvalue weighted by Crippen LogP contribution is -2.31. The maximum absolute atomic E-state index is 12.8. The summed E-state index contributed by atoms with van der Waals surface area (Å²) in [6.45, 7) is 0.552. The van der Waals surface area contributed by atoms with Crippen molar-refractivity contribution in [2.24, 2.45) is 5.92 Å². The molecule has 0 radical (unpaired) electrons. The molecule has 1 unspecified atom stereocenters. The maximum Gasteiger partial charge on any atom is 0.392 e. The Labute approximate surface area is 135 Å². The third-order valence-electron chi connectivity index (χ3n) is 4.81. The molecule has 130 valence electrons. The minimum Gasteiger partial charge on any atom is -0.330 e. The molecular formula is C14H17F3N6O. The van der Waals surface area contributed by atoms with E-state index >= 15 is 0 Å². The molecule has 2 aromatic heterocycles. The van der Waals surface area contributed by atoms with Crippen LogP contribution in [0.4, 0.5) is 19.2 Å². The van der Waals surface area contributed by atoms with Gasteiger partial charge in [-0.05, 0) is 19.3 Å². The molecule has 10 heteroatoms. The standard InChI is InChI=1S/C14H17F3N6O/c15-14(16,17)9-4-5-23-10(6-9)20-21-11(23)7-18-13-19-12(22-24-13)8-2-1-3-8/h8-9H,1-7H2,(H,18,19,22). The van der Waals surface area contributed by atoms with E-state index in [1.807, 2.05) is 0 Å². The Kier molecular flexibility index (Phi) is 3.69. The zero-order valence-corrected chi connectivity index (χ0v) is 12.9. The summed E-state index contributed by atoms with van der Waals surface area (Å²) in [5.41, 5.74) is 0. The van der Waals surface area contributed by atoms with Crippen molar-refractivity contribution in [3.05, 3.63) is 17.5 Å². The first-order chi connectivity index (χ1) is 11.5. The van der Waals surface area contributed by atoms with Crippen LogP contribution in [0.1, 0.15) is 49.1 Å². The van der Waals surface area contributed by atoms with Crippen molar-refractivity contribution in [2.75, 3.05) is 5.32 Å². The highest BCUT2D eigenvalue weighted by Crippen LogP contribution is 2.35. The molecule has 0 amide bonds. The molecule has 24 heavy (non-hydrogen) atoms. The van der Waals surface area contributed by atoms with E-state index in [4.69, 9.17) is 4.52 Å². The summed E-state index contributed by atoms with van der Waals surface area (Å²) < 4.78 is 45.3. The van der Waals surface area contributed by atoms with Crippen LogP contribution in [0.3, 0.4) is 0 Å². The zero-order valence-electron chi connectivity index (χ0n) is 12.9. The van der Waals surface area contributed by atoms with Crippen LogP contribution in [0.5, 0.6) is 0 Å². The SMILES string of the molecule is FC(F)(F)C1CCn2c(CNc3nc(C4CCC4)no3)nnc2C1. The number of anilines is 1. The fourth-order valence-corrected chi connectivity index (χ4v) is 3.09. The van der Waals surface area contributed by atoms with Gasteiger partial charge in [-0.2, -0.15) is 18.2 Å². The Balaban J connectivity index is 1.40. The van der Waals surface area contributed by atoms with Gasteiger partial charge in [0.1, 0.15) is 5.82 Å². The second-order valence-electron chi connectivity index (χ2n) is 6.35. The molecule has 2 aromatic rings. The molecule has 2 aliphatic rings. The first kappa shape index (κ1) is 15.4. The van der Waals surface area contributed by atoms with Crippen molar-refractivity contribution in [3.63, 3.8) is 0 Å². The van der Waals surface area contributed by atoms with Crippen molar-refractivity contribution in [1.82, 2.24) is 24.9 Å². The molecular weight excluding hydrogens is 325 g/mol. The van der Waals surface area contributed by atoms with Crippen LogP contribution >= 0.6 is 0 Å². The number of halogens is 3. The molecule has 1 aliphatic heterocycles. The molecule has 7 nitrogen and oxygen atoms in total. The van der Waals surface area contributed by atoms with Gasteiger partial charge in [-0.1, -0.05) is 11.6 Å². The first-order valence-corrected chi connectivity index (χ1v) is 8.06. The lowest BCUT2D eigenvalue weighted by Gasteiger charge is -2.25. The predicted octanol–water partition coefficient (Wildman–Crippen LogP) is 2.67. The number of rotatable bonds is 4. The van der Waals surface area contributed by atoms with Crippen molar-refractivity contribution in [1.29, 1.82) is 0 Å². The number of hydrogen-bond donors (Lipinski definition) is 1. The van der Waals surface area contributed by atoms with E-state index in [9.17, 15) is 13.2 Å². The van der Waals surface area contributed by atoms with E-state index in [0.717, 1.165) is 12.8 Å². The molecule has 3 heterocycles. The van der Waals surface area contributed by atoms with E-state index in [0.29, 0.717) is 29.4 Å². The van der Waals surface area contributed by atoms with Gasteiger partial charge in [-0.15, -0.1) is 10.2 Å². The summed E-state index contributed by atoms with van der Waals surface area (Å²) in [5, 5.41) is 14.8. The number of nitrogens with zero attached hydrogens (tertiary/aromatic N) is 5. The van der Waals surface area contributed by atoms with Crippen LogP contribution < -0.4 is 5.32 Å². The van der Waals surface area contributed by atoms with Crippen LogP contribution in [0, 0.1) is 5.92 Å². The molecule has 1 aliphatic carbocycles. The number of hydrogen-bond acceptors (Lipinski definition) is 6. The average Bonchev–Trinajstić information content (AvgIpc) is 3.08. The molecule has 1 N–H and O–H groups in total. The summed E-state index contributed by atoms with van der Waals surface area (Å²) in [6.07, 6.45) is -0.908. The normalized spacial score (nSPS) is 21.4. The van der Waals surface area contributed by atoms with Gasteiger partial charge in [0, 0.05) is 18.9 Å². The second kappa shape index (κ2) is 5.75. The minimum absolute atomic E-state index is 0.0495. The lowest BCUT2D eigenvalue weighted by atomic mass is 9.85. The van der Waals surface area contributed by atoms with E-state index in [1.165, 1.54) is 6.42 Å². The van der Waals surface area contributed by atoms with Crippen LogP contribution in [-0.4, -0.2) is 31.1 Å². The fourth-order valence-electron chi connectivity index (χ4n) is 3.09. The Bertz CT molecular complexity index is 720. The van der Waals surface area contributed by atoms with Crippen LogP contribution in [0.15, 0.2) is 4.52 Å². The molecule has 0 bridgehead atoms. The number of aromatic nitrogens is 5. The van der Waals surface area contributed by atoms with Gasteiger partial charge < -0.3 is 14.4 Å². The lowest BCUT2D eigenvalue weighted by molar-refractivity contribution is -0.179. The van der Waals surface area contributed by atoms with Gasteiger partial charge in [0.25, 0.3) is 0 Å². The van der Waals surface area contributed by atoms with Gasteiger partial charge in [0.15, 0.2) is 11.6 Å². The molecule has 1 saturated carbocycles. The highest BCUT2D eigenvalue weighted by molar-refractivity contribution is 5.21. The smallest absolute Gasteiger partial charge is 0.330 e. The second-order valence-corrected chi connectivity index (χ2v) is 6.35. The Hall–Kier alpha value is -2.13. The third-order valence-corrected chi connectivity index (χ3v) is 4.81. The van der Waals surface area contributed by atoms with Gasteiger partial charge in [-0.25, -0.2) is 0 Å². The largest absolute Gasteiger partial charge is 0.392 e. The topological polar surface area (TPSA) is 81.7 Å².